The fraction of sp³-hybridized carbons (Fsp3) is 0.348. The van der Waals surface area contributed by atoms with Crippen LogP contribution in [-0.2, 0) is 26.2 Å². The Bertz CT molecular complexity index is 1300. The minimum atomic E-state index is -3.63. The van der Waals surface area contributed by atoms with E-state index in [0.717, 1.165) is 16.1 Å². The van der Waals surface area contributed by atoms with Crippen LogP contribution in [-0.4, -0.2) is 67.0 Å². The van der Waals surface area contributed by atoms with Gasteiger partial charge in [0.15, 0.2) is 22.5 Å². The number of amides is 1. The number of carbonyl (C=O) groups excluding carboxylic acids is 1. The number of hydrogen-bond acceptors (Lipinski definition) is 8. The fourth-order valence-electron chi connectivity index (χ4n) is 3.24. The Labute approximate surface area is 213 Å². The number of aromatic nitrogens is 3. The molecule has 0 spiro atoms. The topological polar surface area (TPSA) is 116 Å². The molecule has 0 aliphatic carbocycles. The molecular weight excluding hydrogens is 509 g/mol. The Morgan fingerprint density at radius 3 is 2.64 bits per heavy atom. The molecule has 0 bridgehead atoms. The molecule has 1 N–H and O–H groups in total. The minimum absolute atomic E-state index is 0.00331. The van der Waals surface area contributed by atoms with Crippen molar-refractivity contribution >= 4 is 33.4 Å². The Kier molecular flexibility index (Phi) is 9.43. The monoisotopic (exact) mass is 537 g/mol. The molecule has 1 amide bonds. The molecule has 2 aromatic carbocycles. The smallest absolute Gasteiger partial charge is 0.242 e. The summed E-state index contributed by atoms with van der Waals surface area (Å²) in [6.07, 6.45) is 0. The largest absolute Gasteiger partial charge is 0.483 e. The zero-order valence-electron chi connectivity index (χ0n) is 20.3. The van der Waals surface area contributed by atoms with E-state index in [1.54, 1.807) is 35.9 Å². The number of anilines is 1. The number of methoxy groups -OCH3 is 1. The predicted molar refractivity (Wildman–Crippen MR) is 134 cm³/mol. The number of carbonyl (C=O) groups is 1. The number of nitrogens with zero attached hydrogens (tertiary/aromatic N) is 4. The van der Waals surface area contributed by atoms with Gasteiger partial charge >= 0.3 is 0 Å². The summed E-state index contributed by atoms with van der Waals surface area (Å²) in [6, 6.07) is 11.9. The normalized spacial score (nSPS) is 12.5. The molecule has 194 valence electrons. The molecule has 0 aliphatic rings. The van der Waals surface area contributed by atoms with Crippen molar-refractivity contribution in [3.63, 3.8) is 0 Å². The van der Waals surface area contributed by atoms with Crippen LogP contribution in [0.2, 0.25) is 0 Å². The van der Waals surface area contributed by atoms with Crippen LogP contribution in [0, 0.1) is 5.82 Å². The Balaban J connectivity index is 1.70. The van der Waals surface area contributed by atoms with Crippen LogP contribution in [0.15, 0.2) is 58.6 Å². The second-order valence-electron chi connectivity index (χ2n) is 7.94. The number of halogens is 1. The number of sulfonamides is 1. The van der Waals surface area contributed by atoms with E-state index in [-0.39, 0.29) is 35.0 Å². The lowest BCUT2D eigenvalue weighted by atomic mass is 10.3. The number of nitrogens with one attached hydrogen (secondary N) is 1. The number of rotatable bonds is 12. The average Bonchev–Trinajstić information content (AvgIpc) is 3.25. The second-order valence-corrected chi connectivity index (χ2v) is 11.0. The average molecular weight is 538 g/mol. The summed E-state index contributed by atoms with van der Waals surface area (Å²) < 4.78 is 52.4. The standard InChI is InChI=1S/C23H28FN5O5S2/c1-16(13-33-4)29-21(14-34-20-11-6-5-10-19(20)24)26-27-23(29)35-15-22(30)25-17-8-7-9-18(12-17)36(31,32)28(2)3/h5-12,16H,13-15H2,1-4H3,(H,25,30). The molecule has 3 aromatic rings. The molecule has 1 unspecified atom stereocenters. The number of benzene rings is 2. The second kappa shape index (κ2) is 12.3. The summed E-state index contributed by atoms with van der Waals surface area (Å²) in [7, 11) is 0.818. The molecule has 1 aromatic heterocycles. The summed E-state index contributed by atoms with van der Waals surface area (Å²) >= 11 is 1.15. The zero-order valence-corrected chi connectivity index (χ0v) is 22.0. The van der Waals surface area contributed by atoms with Crippen LogP contribution in [0.25, 0.3) is 0 Å². The Morgan fingerprint density at radius 1 is 1.19 bits per heavy atom. The highest BCUT2D eigenvalue weighted by Gasteiger charge is 2.21. The summed E-state index contributed by atoms with van der Waals surface area (Å²) in [6.45, 7) is 2.24. The lowest BCUT2D eigenvalue weighted by molar-refractivity contribution is -0.113. The van der Waals surface area contributed by atoms with Gasteiger partial charge in [-0.2, -0.15) is 0 Å². The van der Waals surface area contributed by atoms with Crippen LogP contribution < -0.4 is 10.1 Å². The first-order chi connectivity index (χ1) is 17.1. The van der Waals surface area contributed by atoms with Crippen molar-refractivity contribution in [3.8, 4) is 5.75 Å². The quantitative estimate of drug-likeness (QED) is 0.350. The molecule has 3 rings (SSSR count). The van der Waals surface area contributed by atoms with E-state index in [4.69, 9.17) is 9.47 Å². The molecule has 1 atom stereocenters. The van der Waals surface area contributed by atoms with Crippen molar-refractivity contribution in [1.29, 1.82) is 0 Å². The first-order valence-electron chi connectivity index (χ1n) is 10.9. The maximum absolute atomic E-state index is 13.9. The summed E-state index contributed by atoms with van der Waals surface area (Å²) in [5, 5.41) is 11.5. The third-order valence-corrected chi connectivity index (χ3v) is 7.76. The fourth-order valence-corrected chi connectivity index (χ4v) is 5.04. The van der Waals surface area contributed by atoms with Gasteiger partial charge in [-0.25, -0.2) is 17.1 Å². The van der Waals surface area contributed by atoms with E-state index in [9.17, 15) is 17.6 Å². The zero-order chi connectivity index (χ0) is 26.3. The summed E-state index contributed by atoms with van der Waals surface area (Å²) in [5.74, 6) is -0.290. The highest BCUT2D eigenvalue weighted by molar-refractivity contribution is 7.99. The summed E-state index contributed by atoms with van der Waals surface area (Å²) in [4.78, 5) is 12.7. The Morgan fingerprint density at radius 2 is 1.94 bits per heavy atom. The van der Waals surface area contributed by atoms with Crippen LogP contribution in [0.5, 0.6) is 5.75 Å². The molecule has 0 saturated heterocycles. The van der Waals surface area contributed by atoms with Crippen molar-refractivity contribution in [2.45, 2.75) is 29.6 Å². The highest BCUT2D eigenvalue weighted by Crippen LogP contribution is 2.25. The van der Waals surface area contributed by atoms with Gasteiger partial charge in [0, 0.05) is 26.9 Å². The van der Waals surface area contributed by atoms with E-state index in [0.29, 0.717) is 23.3 Å². The van der Waals surface area contributed by atoms with Gasteiger partial charge in [-0.1, -0.05) is 30.0 Å². The van der Waals surface area contributed by atoms with Gasteiger partial charge in [0.05, 0.1) is 23.3 Å². The number of para-hydroxylation sites is 1. The maximum Gasteiger partial charge on any atom is 0.242 e. The number of hydrogen-bond donors (Lipinski definition) is 1. The van der Waals surface area contributed by atoms with Gasteiger partial charge in [0.1, 0.15) is 6.61 Å². The van der Waals surface area contributed by atoms with Crippen LogP contribution >= 0.6 is 11.8 Å². The van der Waals surface area contributed by atoms with Gasteiger partial charge < -0.3 is 14.8 Å². The van der Waals surface area contributed by atoms with Crippen LogP contribution in [0.4, 0.5) is 10.1 Å². The van der Waals surface area contributed by atoms with Gasteiger partial charge in [-0.3, -0.25) is 9.36 Å². The molecule has 10 nitrogen and oxygen atoms in total. The van der Waals surface area contributed by atoms with Gasteiger partial charge in [0.2, 0.25) is 15.9 Å². The number of thioether (sulfide) groups is 1. The van der Waals surface area contributed by atoms with E-state index >= 15 is 0 Å². The number of ether oxygens (including phenoxy) is 2. The van der Waals surface area contributed by atoms with E-state index in [1.807, 2.05) is 6.92 Å². The van der Waals surface area contributed by atoms with Gasteiger partial charge in [0.25, 0.3) is 0 Å². The van der Waals surface area contributed by atoms with E-state index in [2.05, 4.69) is 15.5 Å². The molecule has 0 radical (unpaired) electrons. The third-order valence-electron chi connectivity index (χ3n) is 5.01. The molecular formula is C23H28FN5O5S2. The maximum atomic E-state index is 13.9. The predicted octanol–water partition coefficient (Wildman–Crippen LogP) is 3.18. The van der Waals surface area contributed by atoms with E-state index < -0.39 is 15.8 Å². The van der Waals surface area contributed by atoms with Crippen molar-refractivity contribution in [3.05, 3.63) is 60.2 Å². The van der Waals surface area contributed by atoms with Crippen molar-refractivity contribution in [2.75, 3.05) is 38.9 Å². The lowest BCUT2D eigenvalue weighted by Crippen LogP contribution is -2.22. The van der Waals surface area contributed by atoms with Crippen molar-refractivity contribution in [1.82, 2.24) is 19.1 Å². The van der Waals surface area contributed by atoms with Crippen LogP contribution in [0.3, 0.4) is 0 Å². The molecule has 0 fully saturated rings. The first-order valence-corrected chi connectivity index (χ1v) is 13.3. The molecule has 13 heteroatoms. The van der Waals surface area contributed by atoms with E-state index in [1.165, 1.54) is 38.4 Å². The van der Waals surface area contributed by atoms with Gasteiger partial charge in [-0.15, -0.1) is 10.2 Å². The minimum Gasteiger partial charge on any atom is -0.483 e. The highest BCUT2D eigenvalue weighted by atomic mass is 32.2. The first kappa shape index (κ1) is 27.6. The van der Waals surface area contributed by atoms with Crippen molar-refractivity contribution < 1.29 is 27.1 Å². The molecule has 0 aliphatic heterocycles. The van der Waals surface area contributed by atoms with Crippen LogP contribution in [0.1, 0.15) is 18.8 Å². The lowest BCUT2D eigenvalue weighted by Gasteiger charge is -2.17. The molecule has 1 heterocycles. The third kappa shape index (κ3) is 6.81. The molecule has 0 saturated carbocycles. The SMILES string of the molecule is COCC(C)n1c(COc2ccccc2F)nnc1SCC(=O)Nc1cccc(S(=O)(=O)N(C)C)c1. The van der Waals surface area contributed by atoms with Crippen molar-refractivity contribution in [2.24, 2.45) is 0 Å². The van der Waals surface area contributed by atoms with Gasteiger partial charge in [-0.05, 0) is 37.3 Å². The summed E-state index contributed by atoms with van der Waals surface area (Å²) in [5.41, 5.74) is 0.358. The Hall–Kier alpha value is -3.00. The molecule has 36 heavy (non-hydrogen) atoms.